The van der Waals surface area contributed by atoms with Crippen molar-refractivity contribution in [3.8, 4) is 0 Å². The lowest BCUT2D eigenvalue weighted by Gasteiger charge is -2.03. The van der Waals surface area contributed by atoms with Crippen LogP contribution in [0, 0.1) is 20.8 Å². The van der Waals surface area contributed by atoms with Gasteiger partial charge in [-0.15, -0.1) is 0 Å². The third-order valence-electron chi connectivity index (χ3n) is 3.39. The van der Waals surface area contributed by atoms with E-state index in [9.17, 15) is 4.79 Å². The molecule has 0 saturated heterocycles. The van der Waals surface area contributed by atoms with Gasteiger partial charge < -0.3 is 0 Å². The highest BCUT2D eigenvalue weighted by Crippen LogP contribution is 2.29. The summed E-state index contributed by atoms with van der Waals surface area (Å²) in [6.07, 6.45) is 1.68. The molecule has 1 amide bonds. The number of carbonyl (C=O) groups excluding carboxylic acids is 1. The van der Waals surface area contributed by atoms with E-state index in [-0.39, 0.29) is 5.91 Å². The summed E-state index contributed by atoms with van der Waals surface area (Å²) in [5, 5.41) is 7.57. The van der Waals surface area contributed by atoms with Crippen molar-refractivity contribution in [1.29, 1.82) is 0 Å². The summed E-state index contributed by atoms with van der Waals surface area (Å²) in [6.45, 7) is 5.96. The first-order chi connectivity index (χ1) is 9.95. The molecule has 0 bridgehead atoms. The fourth-order valence-corrected chi connectivity index (χ4v) is 3.49. The highest BCUT2D eigenvalue weighted by atomic mass is 32.1. The number of anilines is 1. The Bertz CT molecular complexity index is 827. The van der Waals surface area contributed by atoms with Gasteiger partial charge in [-0.3, -0.25) is 14.8 Å². The zero-order valence-electron chi connectivity index (χ0n) is 12.4. The molecule has 0 saturated carbocycles. The quantitative estimate of drug-likeness (QED) is 0.790. The lowest BCUT2D eigenvalue weighted by molar-refractivity contribution is 0.101. The number of fused-ring (bicyclic) bond motifs is 1. The molecule has 0 aliphatic carbocycles. The van der Waals surface area contributed by atoms with Crippen LogP contribution in [0.3, 0.4) is 0 Å². The molecular formula is C15H16N4OS. The summed E-state index contributed by atoms with van der Waals surface area (Å²) < 4.78 is 2.66. The predicted molar refractivity (Wildman–Crippen MR) is 85.0 cm³/mol. The molecule has 2 aromatic heterocycles. The van der Waals surface area contributed by atoms with Crippen LogP contribution in [0.1, 0.15) is 27.2 Å². The molecule has 3 aromatic rings. The molecule has 0 atom stereocenters. The van der Waals surface area contributed by atoms with Gasteiger partial charge in [0.1, 0.15) is 5.69 Å². The van der Waals surface area contributed by atoms with Crippen molar-refractivity contribution in [3.05, 3.63) is 40.7 Å². The van der Waals surface area contributed by atoms with Gasteiger partial charge in [-0.2, -0.15) is 5.10 Å². The standard InChI is InChI=1S/C15H16N4OS/c1-8-5-9(2)12-11(6-8)21-15(17-12)18-14(20)13-10(3)7-16-19(13)4/h5-7H,1-4H3,(H,17,18,20). The third kappa shape index (κ3) is 2.42. The van der Waals surface area contributed by atoms with Crippen LogP contribution >= 0.6 is 11.3 Å². The second-order valence-electron chi connectivity index (χ2n) is 5.20. The SMILES string of the molecule is Cc1cc(C)c2nc(NC(=O)c3c(C)cnn3C)sc2c1. The molecule has 1 aromatic carbocycles. The number of carbonyl (C=O) groups is 1. The average molecular weight is 300 g/mol. The van der Waals surface area contributed by atoms with E-state index < -0.39 is 0 Å². The molecule has 0 aliphatic heterocycles. The van der Waals surface area contributed by atoms with E-state index in [1.807, 2.05) is 13.8 Å². The fraction of sp³-hybridized carbons (Fsp3) is 0.267. The predicted octanol–water partition coefficient (Wildman–Crippen LogP) is 3.21. The lowest BCUT2D eigenvalue weighted by atomic mass is 10.1. The van der Waals surface area contributed by atoms with E-state index in [0.717, 1.165) is 21.3 Å². The Morgan fingerprint density at radius 2 is 2.00 bits per heavy atom. The number of rotatable bonds is 2. The van der Waals surface area contributed by atoms with Crippen LogP contribution in [0.15, 0.2) is 18.3 Å². The van der Waals surface area contributed by atoms with Crippen molar-refractivity contribution in [3.63, 3.8) is 0 Å². The van der Waals surface area contributed by atoms with Crippen LogP contribution in [0.5, 0.6) is 0 Å². The fourth-order valence-electron chi connectivity index (χ4n) is 2.45. The maximum absolute atomic E-state index is 12.3. The van der Waals surface area contributed by atoms with Gasteiger partial charge in [0, 0.05) is 7.05 Å². The van der Waals surface area contributed by atoms with Gasteiger partial charge in [-0.25, -0.2) is 4.98 Å². The molecule has 1 N–H and O–H groups in total. The van der Waals surface area contributed by atoms with Gasteiger partial charge in [-0.05, 0) is 43.5 Å². The lowest BCUT2D eigenvalue weighted by Crippen LogP contribution is -2.17. The zero-order valence-corrected chi connectivity index (χ0v) is 13.2. The van der Waals surface area contributed by atoms with Gasteiger partial charge >= 0.3 is 0 Å². The Morgan fingerprint density at radius 1 is 1.24 bits per heavy atom. The molecule has 21 heavy (non-hydrogen) atoms. The van der Waals surface area contributed by atoms with Crippen molar-refractivity contribution < 1.29 is 4.79 Å². The van der Waals surface area contributed by atoms with Crippen molar-refractivity contribution >= 4 is 32.6 Å². The van der Waals surface area contributed by atoms with E-state index in [1.54, 1.807) is 17.9 Å². The number of aromatic nitrogens is 3. The van der Waals surface area contributed by atoms with Crippen LogP contribution in [0.4, 0.5) is 5.13 Å². The van der Waals surface area contributed by atoms with Gasteiger partial charge in [0.2, 0.25) is 0 Å². The summed E-state index contributed by atoms with van der Waals surface area (Å²) >= 11 is 1.49. The topological polar surface area (TPSA) is 59.8 Å². The molecule has 0 aliphatic rings. The molecular weight excluding hydrogens is 284 g/mol. The van der Waals surface area contributed by atoms with Crippen LogP contribution in [0.2, 0.25) is 0 Å². The Morgan fingerprint density at radius 3 is 2.67 bits per heavy atom. The second kappa shape index (κ2) is 4.96. The van der Waals surface area contributed by atoms with E-state index in [0.29, 0.717) is 10.8 Å². The smallest absolute Gasteiger partial charge is 0.275 e. The van der Waals surface area contributed by atoms with Crippen LogP contribution < -0.4 is 5.32 Å². The van der Waals surface area contributed by atoms with Crippen molar-refractivity contribution in [2.24, 2.45) is 7.05 Å². The van der Waals surface area contributed by atoms with Crippen molar-refractivity contribution in [1.82, 2.24) is 14.8 Å². The third-order valence-corrected chi connectivity index (χ3v) is 4.30. The molecule has 6 heteroatoms. The van der Waals surface area contributed by atoms with E-state index in [4.69, 9.17) is 0 Å². The van der Waals surface area contributed by atoms with E-state index in [2.05, 4.69) is 34.5 Å². The number of benzene rings is 1. The van der Waals surface area contributed by atoms with Gasteiger partial charge in [0.25, 0.3) is 5.91 Å². The van der Waals surface area contributed by atoms with Gasteiger partial charge in [0.15, 0.2) is 5.13 Å². The van der Waals surface area contributed by atoms with Gasteiger partial charge in [-0.1, -0.05) is 17.4 Å². The summed E-state index contributed by atoms with van der Waals surface area (Å²) in [4.78, 5) is 16.9. The molecule has 5 nitrogen and oxygen atoms in total. The minimum absolute atomic E-state index is 0.180. The Balaban J connectivity index is 1.95. The van der Waals surface area contributed by atoms with Crippen molar-refractivity contribution in [2.45, 2.75) is 20.8 Å². The number of aryl methyl sites for hydroxylation is 4. The number of nitrogens with one attached hydrogen (secondary N) is 1. The first kappa shape index (κ1) is 13.8. The summed E-state index contributed by atoms with van der Waals surface area (Å²) in [6, 6.07) is 4.18. The minimum atomic E-state index is -0.180. The Hall–Kier alpha value is -2.21. The zero-order chi connectivity index (χ0) is 15.1. The average Bonchev–Trinajstić information content (AvgIpc) is 2.93. The molecule has 0 radical (unpaired) electrons. The number of thiazole rings is 1. The maximum Gasteiger partial charge on any atom is 0.275 e. The normalized spacial score (nSPS) is 11.0. The number of hydrogen-bond donors (Lipinski definition) is 1. The largest absolute Gasteiger partial charge is 0.296 e. The Labute approximate surface area is 126 Å². The first-order valence-corrected chi connectivity index (χ1v) is 7.45. The number of hydrogen-bond acceptors (Lipinski definition) is 4. The molecule has 0 unspecified atom stereocenters. The minimum Gasteiger partial charge on any atom is -0.296 e. The highest BCUT2D eigenvalue weighted by molar-refractivity contribution is 7.22. The summed E-state index contributed by atoms with van der Waals surface area (Å²) in [5.41, 5.74) is 4.68. The molecule has 0 fully saturated rings. The molecule has 3 rings (SSSR count). The van der Waals surface area contributed by atoms with E-state index in [1.165, 1.54) is 16.9 Å². The number of nitrogens with zero attached hydrogens (tertiary/aromatic N) is 3. The van der Waals surface area contributed by atoms with Crippen LogP contribution in [-0.4, -0.2) is 20.7 Å². The maximum atomic E-state index is 12.3. The molecule has 108 valence electrons. The Kier molecular flexibility index (Phi) is 3.25. The van der Waals surface area contributed by atoms with E-state index >= 15 is 0 Å². The molecule has 2 heterocycles. The monoisotopic (exact) mass is 300 g/mol. The highest BCUT2D eigenvalue weighted by Gasteiger charge is 2.16. The summed E-state index contributed by atoms with van der Waals surface area (Å²) in [7, 11) is 1.76. The molecule has 0 spiro atoms. The summed E-state index contributed by atoms with van der Waals surface area (Å²) in [5.74, 6) is -0.180. The number of amides is 1. The van der Waals surface area contributed by atoms with Crippen molar-refractivity contribution in [2.75, 3.05) is 5.32 Å². The first-order valence-electron chi connectivity index (χ1n) is 6.63. The second-order valence-corrected chi connectivity index (χ2v) is 6.23. The van der Waals surface area contributed by atoms with Crippen LogP contribution in [-0.2, 0) is 7.05 Å². The van der Waals surface area contributed by atoms with Crippen LogP contribution in [0.25, 0.3) is 10.2 Å². The van der Waals surface area contributed by atoms with Gasteiger partial charge in [0.05, 0.1) is 16.4 Å².